The minimum atomic E-state index is -3.53. The average Bonchev–Trinajstić information content (AvgIpc) is 2.59. The molecule has 1 aliphatic heterocycles. The fraction of sp³-hybridized carbons (Fsp3) is 0.556. The molecule has 2 heterocycles. The van der Waals surface area contributed by atoms with E-state index in [9.17, 15) is 8.42 Å². The van der Waals surface area contributed by atoms with Gasteiger partial charge in [0.25, 0.3) is 0 Å². The van der Waals surface area contributed by atoms with Gasteiger partial charge in [0, 0.05) is 25.7 Å². The van der Waals surface area contributed by atoms with Crippen molar-refractivity contribution in [2.24, 2.45) is 0 Å². The largest absolute Gasteiger partial charge is 0.314 e. The van der Waals surface area contributed by atoms with Gasteiger partial charge in [-0.3, -0.25) is 0 Å². The summed E-state index contributed by atoms with van der Waals surface area (Å²) >= 11 is 12.8. The van der Waals surface area contributed by atoms with Crippen LogP contribution in [-0.2, 0) is 10.0 Å². The number of thiophene rings is 1. The summed E-state index contributed by atoms with van der Waals surface area (Å²) in [6.07, 6.45) is 0. The lowest BCUT2D eigenvalue weighted by Crippen LogP contribution is -2.52. The van der Waals surface area contributed by atoms with E-state index in [2.05, 4.69) is 5.32 Å². The van der Waals surface area contributed by atoms with E-state index in [0.29, 0.717) is 24.0 Å². The summed E-state index contributed by atoms with van der Waals surface area (Å²) in [5, 5.41) is 3.15. The lowest BCUT2D eigenvalue weighted by atomic mass is 10.3. The molecule has 1 saturated heterocycles. The molecule has 0 radical (unpaired) electrons. The zero-order valence-electron chi connectivity index (χ0n) is 9.52. The lowest BCUT2D eigenvalue weighted by molar-refractivity contribution is 0.284. The molecule has 1 fully saturated rings. The van der Waals surface area contributed by atoms with Gasteiger partial charge in [0.1, 0.15) is 9.23 Å². The van der Waals surface area contributed by atoms with Gasteiger partial charge in [-0.2, -0.15) is 4.31 Å². The molecular weight excluding hydrogens is 339 g/mol. The normalized spacial score (nSPS) is 21.6. The first kappa shape index (κ1) is 16.5. The molecule has 1 aromatic rings. The van der Waals surface area contributed by atoms with Crippen LogP contribution in [0.2, 0.25) is 8.67 Å². The minimum absolute atomic E-state index is 0. The molecule has 0 aliphatic carbocycles. The third-order valence-electron chi connectivity index (χ3n) is 2.65. The van der Waals surface area contributed by atoms with E-state index in [1.807, 2.05) is 6.92 Å². The highest BCUT2D eigenvalue weighted by atomic mass is 35.5. The van der Waals surface area contributed by atoms with Crippen LogP contribution in [-0.4, -0.2) is 38.4 Å². The summed E-state index contributed by atoms with van der Waals surface area (Å²) in [6.45, 7) is 3.62. The molecule has 104 valence electrons. The van der Waals surface area contributed by atoms with E-state index < -0.39 is 10.0 Å². The Hall–Kier alpha value is 0.440. The highest BCUT2D eigenvalue weighted by molar-refractivity contribution is 7.89. The van der Waals surface area contributed by atoms with Crippen molar-refractivity contribution in [3.63, 3.8) is 0 Å². The van der Waals surface area contributed by atoms with Crippen LogP contribution in [0.5, 0.6) is 0 Å². The van der Waals surface area contributed by atoms with Crippen LogP contribution in [0.1, 0.15) is 6.92 Å². The number of nitrogens with zero attached hydrogens (tertiary/aromatic N) is 1. The molecule has 0 saturated carbocycles. The highest BCUT2D eigenvalue weighted by Gasteiger charge is 2.33. The van der Waals surface area contributed by atoms with Gasteiger partial charge in [-0.15, -0.1) is 23.7 Å². The van der Waals surface area contributed by atoms with E-state index in [4.69, 9.17) is 23.2 Å². The first-order valence-corrected chi connectivity index (χ1v) is 8.11. The summed E-state index contributed by atoms with van der Waals surface area (Å²) in [5.74, 6) is 0. The van der Waals surface area contributed by atoms with Gasteiger partial charge in [0.15, 0.2) is 0 Å². The van der Waals surface area contributed by atoms with Crippen LogP contribution in [0.3, 0.4) is 0 Å². The van der Waals surface area contributed by atoms with Crippen molar-refractivity contribution in [1.29, 1.82) is 0 Å². The molecule has 18 heavy (non-hydrogen) atoms. The molecule has 1 aliphatic rings. The van der Waals surface area contributed by atoms with Gasteiger partial charge < -0.3 is 5.32 Å². The van der Waals surface area contributed by atoms with Crippen molar-refractivity contribution in [3.8, 4) is 0 Å². The van der Waals surface area contributed by atoms with Gasteiger partial charge in [-0.25, -0.2) is 8.42 Å². The van der Waals surface area contributed by atoms with Crippen molar-refractivity contribution in [2.75, 3.05) is 19.6 Å². The zero-order chi connectivity index (χ0) is 12.6. The van der Waals surface area contributed by atoms with E-state index in [-0.39, 0.29) is 27.7 Å². The summed E-state index contributed by atoms with van der Waals surface area (Å²) in [7, 11) is -3.53. The van der Waals surface area contributed by atoms with Crippen LogP contribution in [0.4, 0.5) is 0 Å². The third kappa shape index (κ3) is 3.12. The molecule has 1 N–H and O–H groups in total. The SMILES string of the molecule is C[C@H]1CNCCN1S(=O)(=O)c1cc(Cl)sc1Cl.Cl. The Morgan fingerprint density at radius 3 is 2.67 bits per heavy atom. The predicted molar refractivity (Wildman–Crippen MR) is 77.8 cm³/mol. The smallest absolute Gasteiger partial charge is 0.245 e. The Bertz CT molecular complexity index is 518. The van der Waals surface area contributed by atoms with Crippen molar-refractivity contribution >= 4 is 57.0 Å². The zero-order valence-corrected chi connectivity index (χ0v) is 13.5. The Labute approximate surface area is 127 Å². The van der Waals surface area contributed by atoms with Crippen molar-refractivity contribution in [2.45, 2.75) is 17.9 Å². The quantitative estimate of drug-likeness (QED) is 0.890. The van der Waals surface area contributed by atoms with E-state index in [1.165, 1.54) is 10.4 Å². The summed E-state index contributed by atoms with van der Waals surface area (Å²) in [6, 6.07) is 1.34. The second kappa shape index (κ2) is 6.26. The number of hydrogen-bond acceptors (Lipinski definition) is 4. The van der Waals surface area contributed by atoms with Crippen LogP contribution in [0.25, 0.3) is 0 Å². The van der Waals surface area contributed by atoms with Crippen molar-refractivity contribution in [1.82, 2.24) is 9.62 Å². The second-order valence-electron chi connectivity index (χ2n) is 3.86. The fourth-order valence-electron chi connectivity index (χ4n) is 1.81. The maximum atomic E-state index is 12.4. The molecule has 0 aromatic carbocycles. The van der Waals surface area contributed by atoms with Crippen LogP contribution < -0.4 is 5.32 Å². The maximum absolute atomic E-state index is 12.4. The molecule has 0 amide bonds. The molecule has 0 unspecified atom stereocenters. The number of piperazine rings is 1. The second-order valence-corrected chi connectivity index (χ2v) is 8.00. The van der Waals surface area contributed by atoms with Crippen molar-refractivity contribution in [3.05, 3.63) is 14.7 Å². The Morgan fingerprint density at radius 1 is 1.50 bits per heavy atom. The highest BCUT2D eigenvalue weighted by Crippen LogP contribution is 2.36. The van der Waals surface area contributed by atoms with Gasteiger partial charge in [-0.1, -0.05) is 23.2 Å². The monoisotopic (exact) mass is 350 g/mol. The molecular formula is C9H13Cl3N2O2S2. The summed E-state index contributed by atoms with van der Waals surface area (Å²) < 4.78 is 26.9. The van der Waals surface area contributed by atoms with Crippen LogP contribution in [0, 0.1) is 0 Å². The molecule has 2 rings (SSSR count). The minimum Gasteiger partial charge on any atom is -0.314 e. The number of halogens is 3. The number of rotatable bonds is 2. The summed E-state index contributed by atoms with van der Waals surface area (Å²) in [5.41, 5.74) is 0. The van der Waals surface area contributed by atoms with E-state index in [1.54, 1.807) is 0 Å². The summed E-state index contributed by atoms with van der Waals surface area (Å²) in [4.78, 5) is 0.114. The number of sulfonamides is 1. The molecule has 4 nitrogen and oxygen atoms in total. The van der Waals surface area contributed by atoms with Gasteiger partial charge in [0.2, 0.25) is 10.0 Å². The molecule has 9 heteroatoms. The average molecular weight is 352 g/mol. The molecule has 0 bridgehead atoms. The lowest BCUT2D eigenvalue weighted by Gasteiger charge is -2.32. The standard InChI is InChI=1S/C9H12Cl2N2O2S2.ClH/c1-6-5-12-2-3-13(6)17(14,15)7-4-8(10)16-9(7)11;/h4,6,12H,2-3,5H2,1H3;1H/t6-;/m0./s1. The van der Waals surface area contributed by atoms with Gasteiger partial charge in [0.05, 0.1) is 4.34 Å². The van der Waals surface area contributed by atoms with E-state index in [0.717, 1.165) is 11.3 Å². The van der Waals surface area contributed by atoms with E-state index >= 15 is 0 Å². The topological polar surface area (TPSA) is 49.4 Å². The first-order valence-electron chi connectivity index (χ1n) is 5.10. The third-order valence-corrected chi connectivity index (χ3v) is 6.42. The predicted octanol–water partition coefficient (Wildman–Crippen LogP) is 2.46. The first-order chi connectivity index (χ1) is 7.93. The fourth-order valence-corrected chi connectivity index (χ4v) is 5.55. The van der Waals surface area contributed by atoms with Gasteiger partial charge in [-0.05, 0) is 13.0 Å². The molecule has 0 spiro atoms. The Morgan fingerprint density at radius 2 is 2.17 bits per heavy atom. The Kier molecular flexibility index (Phi) is 5.74. The van der Waals surface area contributed by atoms with Crippen LogP contribution >= 0.6 is 46.9 Å². The van der Waals surface area contributed by atoms with Crippen molar-refractivity contribution < 1.29 is 8.42 Å². The maximum Gasteiger partial charge on any atom is 0.245 e. The number of nitrogens with one attached hydrogen (secondary N) is 1. The molecule has 1 atom stereocenters. The Balaban J connectivity index is 0.00000162. The van der Waals surface area contributed by atoms with Gasteiger partial charge >= 0.3 is 0 Å². The van der Waals surface area contributed by atoms with Crippen LogP contribution in [0.15, 0.2) is 11.0 Å². The molecule has 1 aromatic heterocycles. The number of hydrogen-bond donors (Lipinski definition) is 1.